The van der Waals surface area contributed by atoms with E-state index in [0.717, 1.165) is 6.07 Å². The van der Waals surface area contributed by atoms with Gasteiger partial charge in [-0.15, -0.1) is 23.2 Å². The zero-order valence-electron chi connectivity index (χ0n) is 19.8. The van der Waals surface area contributed by atoms with Crippen molar-refractivity contribution in [1.82, 2.24) is 0 Å². The van der Waals surface area contributed by atoms with Crippen LogP contribution in [-0.2, 0) is 9.59 Å². The predicted molar refractivity (Wildman–Crippen MR) is 146 cm³/mol. The highest BCUT2D eigenvalue weighted by Crippen LogP contribution is 2.65. The van der Waals surface area contributed by atoms with Crippen molar-refractivity contribution in [2.45, 2.75) is 16.4 Å². The molecule has 1 fully saturated rings. The second-order valence-corrected chi connectivity index (χ2v) is 11.3. The number of anilines is 3. The number of nitrogens with one attached hydrogen (secondary N) is 3. The molecule has 3 N–H and O–H groups in total. The van der Waals surface area contributed by atoms with Crippen LogP contribution < -0.4 is 16.0 Å². The molecule has 1 saturated carbocycles. The van der Waals surface area contributed by atoms with E-state index < -0.39 is 63.1 Å². The molecule has 41 heavy (non-hydrogen) atoms. The molecule has 0 radical (unpaired) electrons. The molecule has 0 unspecified atom stereocenters. The summed E-state index contributed by atoms with van der Waals surface area (Å²) in [6, 6.07) is 9.35. The summed E-state index contributed by atoms with van der Waals surface area (Å²) in [7, 11) is 0. The van der Waals surface area contributed by atoms with Crippen LogP contribution in [0.15, 0.2) is 48.5 Å². The number of halogens is 10. The molecule has 0 bridgehead atoms. The van der Waals surface area contributed by atoms with Crippen molar-refractivity contribution < 1.29 is 36.3 Å². The number of alkyl halides is 5. The molecule has 3 aromatic carbocycles. The van der Waals surface area contributed by atoms with E-state index in [1.54, 1.807) is 6.07 Å². The van der Waals surface area contributed by atoms with Gasteiger partial charge < -0.3 is 16.0 Å². The van der Waals surface area contributed by atoms with Crippen LogP contribution in [0.3, 0.4) is 0 Å². The van der Waals surface area contributed by atoms with E-state index in [9.17, 15) is 36.3 Å². The molecule has 0 saturated heterocycles. The molecular weight excluding hydrogens is 663 g/mol. The summed E-state index contributed by atoms with van der Waals surface area (Å²) in [4.78, 5) is 37.0. The summed E-state index contributed by atoms with van der Waals surface area (Å²) < 4.78 is 65.2. The van der Waals surface area contributed by atoms with Crippen molar-refractivity contribution >= 4 is 92.8 Å². The van der Waals surface area contributed by atoms with Crippen molar-refractivity contribution in [3.8, 4) is 0 Å². The smallest absolute Gasteiger partial charge is 0.326 e. The van der Waals surface area contributed by atoms with Crippen molar-refractivity contribution in [2.75, 3.05) is 16.0 Å². The number of carbonyl (C=O) groups excluding carboxylic acids is 3. The quantitative estimate of drug-likeness (QED) is 0.182. The second-order valence-electron chi connectivity index (χ2n) is 8.68. The maximum Gasteiger partial charge on any atom is 0.471 e. The van der Waals surface area contributed by atoms with Gasteiger partial charge in [-0.25, -0.2) is 8.78 Å². The lowest BCUT2D eigenvalue weighted by Crippen LogP contribution is -2.30. The van der Waals surface area contributed by atoms with Crippen LogP contribution in [0.5, 0.6) is 0 Å². The Morgan fingerprint density at radius 3 is 2.10 bits per heavy atom. The third-order valence-corrected chi connectivity index (χ3v) is 7.96. The molecule has 1 aliphatic carbocycles. The molecule has 0 spiro atoms. The number of hydrogen-bond acceptors (Lipinski definition) is 3. The van der Waals surface area contributed by atoms with Gasteiger partial charge in [-0.1, -0.05) is 40.9 Å². The molecule has 0 heterocycles. The highest BCUT2D eigenvalue weighted by molar-refractivity contribution is 6.53. The zero-order chi connectivity index (χ0) is 30.4. The van der Waals surface area contributed by atoms with Gasteiger partial charge >= 0.3 is 12.1 Å². The van der Waals surface area contributed by atoms with Crippen molar-refractivity contribution in [1.29, 1.82) is 0 Å². The van der Waals surface area contributed by atoms with E-state index in [1.807, 2.05) is 5.32 Å². The lowest BCUT2D eigenvalue weighted by atomic mass is 10.1. The van der Waals surface area contributed by atoms with E-state index in [4.69, 9.17) is 58.0 Å². The van der Waals surface area contributed by atoms with Crippen LogP contribution >= 0.6 is 58.0 Å². The monoisotopic (exact) mass is 673 g/mol. The topological polar surface area (TPSA) is 87.3 Å². The van der Waals surface area contributed by atoms with Crippen LogP contribution in [0, 0.1) is 17.6 Å². The molecule has 3 amide bonds. The van der Waals surface area contributed by atoms with Gasteiger partial charge in [0, 0.05) is 11.6 Å². The Balaban J connectivity index is 1.52. The Labute approximate surface area is 253 Å². The molecule has 1 aliphatic rings. The minimum atomic E-state index is -5.35. The van der Waals surface area contributed by atoms with E-state index in [0.29, 0.717) is 17.7 Å². The highest BCUT2D eigenvalue weighted by atomic mass is 35.5. The number of amides is 3. The van der Waals surface area contributed by atoms with Crippen molar-refractivity contribution in [3.05, 3.63) is 86.4 Å². The van der Waals surface area contributed by atoms with Gasteiger partial charge in [-0.05, 0) is 48.0 Å². The Morgan fingerprint density at radius 1 is 0.805 bits per heavy atom. The van der Waals surface area contributed by atoms with Gasteiger partial charge in [0.25, 0.3) is 5.91 Å². The normalized spacial score (nSPS) is 17.5. The van der Waals surface area contributed by atoms with Gasteiger partial charge in [0.1, 0.15) is 15.8 Å². The Kier molecular flexibility index (Phi) is 8.69. The van der Waals surface area contributed by atoms with Crippen LogP contribution in [0.1, 0.15) is 21.8 Å². The molecule has 16 heteroatoms. The standard InChI is InChI=1S/C25H13Cl5F5N3O3/c26-12-4-2-10(36-22(40)18-17(24(18,29)30)9-1-3-13(27)14(28)7-9)8-11(12)21(39)38-20-15(31)5-6-16(19(20)32)37-23(41)25(33,34)35/h1-8,17-18H,(H,36,40)(H,37,41)(H,38,39)/t17-,18+/m0/s1. The third kappa shape index (κ3) is 6.49. The van der Waals surface area contributed by atoms with Crippen molar-refractivity contribution in [3.63, 3.8) is 0 Å². The predicted octanol–water partition coefficient (Wildman–Crippen LogP) is 8.20. The fourth-order valence-corrected chi connectivity index (χ4v) is 5.25. The molecular formula is C25H13Cl5F5N3O3. The second kappa shape index (κ2) is 11.4. The van der Waals surface area contributed by atoms with Gasteiger partial charge in [0.05, 0.1) is 32.2 Å². The van der Waals surface area contributed by atoms with Crippen LogP contribution in [-0.4, -0.2) is 28.2 Å². The minimum absolute atomic E-state index is 0.0283. The molecule has 4 rings (SSSR count). The van der Waals surface area contributed by atoms with E-state index in [-0.39, 0.29) is 26.3 Å². The summed E-state index contributed by atoms with van der Waals surface area (Å²) in [5, 5.41) is 5.97. The van der Waals surface area contributed by atoms with E-state index >= 15 is 0 Å². The van der Waals surface area contributed by atoms with Crippen LogP contribution in [0.2, 0.25) is 15.1 Å². The average molecular weight is 676 g/mol. The Bertz CT molecular complexity index is 1590. The maximum atomic E-state index is 14.7. The Morgan fingerprint density at radius 2 is 1.46 bits per heavy atom. The number of rotatable bonds is 6. The lowest BCUT2D eigenvalue weighted by Gasteiger charge is -2.14. The molecule has 0 aromatic heterocycles. The maximum absolute atomic E-state index is 14.7. The lowest BCUT2D eigenvalue weighted by molar-refractivity contribution is -0.167. The zero-order valence-corrected chi connectivity index (χ0v) is 23.6. The van der Waals surface area contributed by atoms with Crippen LogP contribution in [0.4, 0.5) is 39.0 Å². The van der Waals surface area contributed by atoms with Gasteiger partial charge in [0.2, 0.25) is 5.91 Å². The largest absolute Gasteiger partial charge is 0.471 e. The first-order valence-corrected chi connectivity index (χ1v) is 13.0. The molecule has 0 aliphatic heterocycles. The fourth-order valence-electron chi connectivity index (χ4n) is 3.91. The van der Waals surface area contributed by atoms with Crippen LogP contribution in [0.25, 0.3) is 0 Å². The van der Waals surface area contributed by atoms with Crippen molar-refractivity contribution in [2.24, 2.45) is 5.92 Å². The number of carbonyl (C=O) groups is 3. The number of hydrogen-bond donors (Lipinski definition) is 3. The first-order valence-electron chi connectivity index (χ1n) is 11.1. The fraction of sp³-hybridized carbons (Fsp3) is 0.160. The summed E-state index contributed by atoms with van der Waals surface area (Å²) in [5.41, 5.74) is -1.98. The molecule has 6 nitrogen and oxygen atoms in total. The summed E-state index contributed by atoms with van der Waals surface area (Å²) in [6.45, 7) is 0. The van der Waals surface area contributed by atoms with E-state index in [1.165, 1.54) is 29.6 Å². The van der Waals surface area contributed by atoms with Gasteiger partial charge in [0.15, 0.2) is 5.82 Å². The van der Waals surface area contributed by atoms with E-state index in [2.05, 4.69) is 5.32 Å². The first kappa shape index (κ1) is 31.1. The average Bonchev–Trinajstić information content (AvgIpc) is 3.47. The van der Waals surface area contributed by atoms with Gasteiger partial charge in [-0.3, -0.25) is 14.4 Å². The molecule has 3 aromatic rings. The summed E-state index contributed by atoms with van der Waals surface area (Å²) in [5.74, 6) is -8.96. The molecule has 2 atom stereocenters. The SMILES string of the molecule is O=C(Nc1c(F)ccc(NC(=O)C(F)(F)F)c1F)c1cc(NC(=O)[C@H]2[C@H](c3ccc(Cl)c(Cl)c3)C2(Cl)Cl)ccc1Cl. The molecule has 216 valence electrons. The minimum Gasteiger partial charge on any atom is -0.326 e. The highest BCUT2D eigenvalue weighted by Gasteiger charge is 2.67. The van der Waals surface area contributed by atoms with Gasteiger partial charge in [-0.2, -0.15) is 13.2 Å². The third-order valence-electron chi connectivity index (χ3n) is 5.95. The first-order chi connectivity index (χ1) is 19.0. The summed E-state index contributed by atoms with van der Waals surface area (Å²) >= 11 is 30.7. The number of benzene rings is 3. The Hall–Kier alpha value is -2.83. The summed E-state index contributed by atoms with van der Waals surface area (Å²) in [6.07, 6.45) is -5.35.